The second-order valence-electron chi connectivity index (χ2n) is 13.2. The first-order chi connectivity index (χ1) is 29.9. The first kappa shape index (κ1) is 48.6. The van der Waals surface area contributed by atoms with Gasteiger partial charge in [0.25, 0.3) is 23.6 Å². The first-order valence-electron chi connectivity index (χ1n) is 18.2. The molecule has 0 heterocycles. The molecule has 0 aromatic heterocycles. The molecule has 324 valence electrons. The monoisotopic (exact) mass is 988 g/mol. The number of carbonyl (C=O) groups is 6. The van der Waals surface area contributed by atoms with Gasteiger partial charge >= 0.3 is 0 Å². The van der Waals surface area contributed by atoms with E-state index < -0.39 is 47.3 Å². The number of anilines is 4. The highest BCUT2D eigenvalue weighted by atomic mass is 35.5. The van der Waals surface area contributed by atoms with Crippen molar-refractivity contribution in [2.45, 2.75) is 32.4 Å². The molecule has 5 aromatic carbocycles. The lowest BCUT2D eigenvalue weighted by molar-refractivity contribution is -0.127. The summed E-state index contributed by atoms with van der Waals surface area (Å²) in [5.74, 6) is -4.04. The van der Waals surface area contributed by atoms with Crippen LogP contribution in [0.25, 0.3) is 0 Å². The maximum absolute atomic E-state index is 13.4. The summed E-state index contributed by atoms with van der Waals surface area (Å²) in [5, 5.41) is 27.8. The van der Waals surface area contributed by atoms with Crippen LogP contribution in [0.2, 0.25) is 30.1 Å². The summed E-state index contributed by atoms with van der Waals surface area (Å²) in [5.41, 5.74) is 1.92. The lowest BCUT2D eigenvalue weighted by Gasteiger charge is -2.15. The van der Waals surface area contributed by atoms with Gasteiger partial charge < -0.3 is 21.3 Å². The van der Waals surface area contributed by atoms with Gasteiger partial charge in [0, 0.05) is 28.6 Å². The van der Waals surface area contributed by atoms with E-state index in [0.29, 0.717) is 27.0 Å². The van der Waals surface area contributed by atoms with Gasteiger partial charge in [-0.15, -0.1) is 11.6 Å². The first-order valence-corrected chi connectivity index (χ1v) is 21.0. The largest absolute Gasteiger partial charge is 0.324 e. The lowest BCUT2D eigenvalue weighted by Crippen LogP contribution is -2.32. The minimum absolute atomic E-state index is 0.0259. The normalized spacial score (nSPS) is 12.1. The number of carbonyl (C=O) groups excluding carboxylic acids is 6. The Morgan fingerprint density at radius 3 is 1.33 bits per heavy atom. The number of azo groups is 2. The molecule has 2 atom stereocenters. The van der Waals surface area contributed by atoms with Crippen molar-refractivity contribution in [2.75, 3.05) is 27.1 Å². The Kier molecular flexibility index (Phi) is 17.2. The second kappa shape index (κ2) is 22.3. The van der Waals surface area contributed by atoms with Crippen LogP contribution in [-0.2, 0) is 25.6 Å². The number of aryl methyl sites for hydroxylation is 1. The van der Waals surface area contributed by atoms with E-state index in [4.69, 9.17) is 81.2 Å². The van der Waals surface area contributed by atoms with Crippen molar-refractivity contribution in [2.24, 2.45) is 20.5 Å². The second-order valence-corrected chi connectivity index (χ2v) is 16.1. The van der Waals surface area contributed by atoms with Crippen LogP contribution in [0.5, 0.6) is 0 Å². The lowest BCUT2D eigenvalue weighted by atomic mass is 10.1. The molecular formula is C42H31Cl7N8O6. The van der Waals surface area contributed by atoms with Crippen molar-refractivity contribution in [3.63, 3.8) is 0 Å². The minimum Gasteiger partial charge on any atom is -0.324 e. The number of benzene rings is 5. The Hall–Kier alpha value is -5.45. The van der Waals surface area contributed by atoms with Crippen molar-refractivity contribution < 1.29 is 28.8 Å². The Bertz CT molecular complexity index is 2700. The van der Waals surface area contributed by atoms with E-state index in [-0.39, 0.29) is 66.3 Å². The molecule has 0 bridgehead atoms. The highest BCUT2D eigenvalue weighted by Gasteiger charge is 2.26. The summed E-state index contributed by atoms with van der Waals surface area (Å²) < 4.78 is 0. The van der Waals surface area contributed by atoms with Crippen molar-refractivity contribution in [3.8, 4) is 0 Å². The molecule has 0 spiro atoms. The fraction of sp³-hybridized carbons (Fsp3) is 0.143. The summed E-state index contributed by atoms with van der Waals surface area (Å²) in [7, 11) is 0. The van der Waals surface area contributed by atoms with Crippen LogP contribution < -0.4 is 21.3 Å². The number of alkyl halides is 1. The van der Waals surface area contributed by atoms with Gasteiger partial charge in [0.05, 0.1) is 52.6 Å². The molecule has 0 aliphatic carbocycles. The van der Waals surface area contributed by atoms with Crippen LogP contribution in [0.1, 0.15) is 40.1 Å². The molecule has 2 unspecified atom stereocenters. The number of ketones is 2. The Balaban J connectivity index is 1.27. The molecule has 0 saturated heterocycles. The van der Waals surface area contributed by atoms with Gasteiger partial charge in [-0.2, -0.15) is 20.5 Å². The molecule has 5 aromatic rings. The van der Waals surface area contributed by atoms with Gasteiger partial charge in [0.15, 0.2) is 11.6 Å². The van der Waals surface area contributed by atoms with Gasteiger partial charge in [0.1, 0.15) is 0 Å². The zero-order valence-corrected chi connectivity index (χ0v) is 37.9. The van der Waals surface area contributed by atoms with Crippen LogP contribution in [0, 0.1) is 0 Å². The average molecular weight is 992 g/mol. The van der Waals surface area contributed by atoms with Crippen molar-refractivity contribution >= 4 is 151 Å². The SMILES string of the molecule is CC(=O)C(N=Nc1ccc(Cl)c(C(=O)Nc2ccc(Cl)c(Cl)c2)c1)C(=O)Nc1ccc(NC(=O)C(N=Nc2ccc(Cl)c(C(=O)Nc3ccc(Cl)c(Cl)c3)c2)C(C)=O)c(CCCl)c1. The number of nitrogens with zero attached hydrogens (tertiary/aromatic N) is 4. The number of halogens is 7. The van der Waals surface area contributed by atoms with E-state index >= 15 is 0 Å². The maximum atomic E-state index is 13.4. The summed E-state index contributed by atoms with van der Waals surface area (Å²) in [4.78, 5) is 78.0. The Morgan fingerprint density at radius 2 is 0.905 bits per heavy atom. The van der Waals surface area contributed by atoms with E-state index in [0.717, 1.165) is 13.8 Å². The maximum Gasteiger partial charge on any atom is 0.258 e. The number of Topliss-reactive ketones (excluding diaryl/α,β-unsaturated/α-hetero) is 2. The molecule has 0 aliphatic heterocycles. The molecule has 0 fully saturated rings. The number of nitrogens with one attached hydrogen (secondary N) is 4. The Morgan fingerprint density at radius 1 is 0.492 bits per heavy atom. The molecule has 0 aliphatic rings. The molecule has 4 amide bonds. The Labute approximate surface area is 394 Å². The minimum atomic E-state index is -1.60. The molecule has 14 nitrogen and oxygen atoms in total. The van der Waals surface area contributed by atoms with Crippen LogP contribution in [0.15, 0.2) is 111 Å². The van der Waals surface area contributed by atoms with E-state index in [1.807, 2.05) is 0 Å². The van der Waals surface area contributed by atoms with Gasteiger partial charge in [-0.3, -0.25) is 28.8 Å². The zero-order valence-electron chi connectivity index (χ0n) is 32.6. The molecular weight excluding hydrogens is 961 g/mol. The van der Waals surface area contributed by atoms with Crippen molar-refractivity contribution in [3.05, 3.63) is 138 Å². The van der Waals surface area contributed by atoms with Crippen LogP contribution >= 0.6 is 81.2 Å². The fourth-order valence-corrected chi connectivity index (χ4v) is 6.65. The third kappa shape index (κ3) is 13.3. The summed E-state index contributed by atoms with van der Waals surface area (Å²) in [6, 6.07) is 18.6. The topological polar surface area (TPSA) is 200 Å². The number of hydrogen-bond acceptors (Lipinski definition) is 10. The summed E-state index contributed by atoms with van der Waals surface area (Å²) in [6.45, 7) is 2.31. The van der Waals surface area contributed by atoms with Gasteiger partial charge in [-0.25, -0.2) is 0 Å². The van der Waals surface area contributed by atoms with Crippen LogP contribution in [-0.4, -0.2) is 53.2 Å². The van der Waals surface area contributed by atoms with E-state index in [1.54, 1.807) is 12.1 Å². The fourth-order valence-electron chi connectivity index (χ4n) is 5.44. The standard InChI is InChI=1S/C42H31Cl7N8O6/c1-20(58)37(56-54-26-5-8-30(44)28(16-26)39(60)50-24-3-10-32(46)34(48)18-24)41(62)52-23-7-12-36(22(15-23)13-14-43)53-42(63)38(21(2)59)57-55-27-6-9-31(45)29(17-27)40(61)51-25-4-11-33(47)35(49)19-25/h3-12,15-19,37-38H,13-14H2,1-2H3,(H,50,60)(H,51,61)(H,52,62)(H,53,63). The van der Waals surface area contributed by atoms with Gasteiger partial charge in [-0.1, -0.05) is 69.6 Å². The number of amides is 4. The predicted octanol–water partition coefficient (Wildman–Crippen LogP) is 12.3. The van der Waals surface area contributed by atoms with Gasteiger partial charge in [-0.05, 0) is 117 Å². The molecule has 21 heteroatoms. The average Bonchev–Trinajstić information content (AvgIpc) is 3.22. The highest BCUT2D eigenvalue weighted by Crippen LogP contribution is 2.30. The van der Waals surface area contributed by atoms with Crippen LogP contribution in [0.4, 0.5) is 34.1 Å². The smallest absolute Gasteiger partial charge is 0.258 e. The van der Waals surface area contributed by atoms with Crippen LogP contribution in [0.3, 0.4) is 0 Å². The molecule has 0 saturated carbocycles. The third-order valence-electron chi connectivity index (χ3n) is 8.58. The predicted molar refractivity (Wildman–Crippen MR) is 248 cm³/mol. The van der Waals surface area contributed by atoms with Crippen molar-refractivity contribution in [1.82, 2.24) is 0 Å². The van der Waals surface area contributed by atoms with Gasteiger partial charge in [0.2, 0.25) is 12.1 Å². The van der Waals surface area contributed by atoms with E-state index in [9.17, 15) is 28.8 Å². The molecule has 5 rings (SSSR count). The zero-order chi connectivity index (χ0) is 46.0. The number of rotatable bonds is 16. The summed E-state index contributed by atoms with van der Waals surface area (Å²) in [6.07, 6.45) is 0.207. The van der Waals surface area contributed by atoms with E-state index in [2.05, 4.69) is 41.7 Å². The highest BCUT2D eigenvalue weighted by molar-refractivity contribution is 6.43. The molecule has 4 N–H and O–H groups in total. The quantitative estimate of drug-likeness (QED) is 0.0430. The summed E-state index contributed by atoms with van der Waals surface area (Å²) >= 11 is 42.6. The number of hydrogen-bond donors (Lipinski definition) is 4. The molecule has 63 heavy (non-hydrogen) atoms. The molecule has 0 radical (unpaired) electrons. The van der Waals surface area contributed by atoms with Crippen molar-refractivity contribution in [1.29, 1.82) is 0 Å². The third-order valence-corrected chi connectivity index (χ3v) is 10.9. The van der Waals surface area contributed by atoms with E-state index in [1.165, 1.54) is 78.9 Å².